The Morgan fingerprint density at radius 1 is 1.64 bits per heavy atom. The van der Waals surface area contributed by atoms with Gasteiger partial charge >= 0.3 is 0 Å². The maximum atomic E-state index is 11.2. The van der Waals surface area contributed by atoms with E-state index < -0.39 is 0 Å². The Labute approximate surface area is 73.7 Å². The second-order valence-corrected chi connectivity index (χ2v) is 4.52. The lowest BCUT2D eigenvalue weighted by Gasteiger charge is -2.12. The Balaban J connectivity index is 2.29. The third kappa shape index (κ3) is 0.856. The summed E-state index contributed by atoms with van der Waals surface area (Å²) in [6.45, 7) is 0. The van der Waals surface area contributed by atoms with E-state index in [9.17, 15) is 4.79 Å². The summed E-state index contributed by atoms with van der Waals surface area (Å²) in [6, 6.07) is 2.24. The Morgan fingerprint density at radius 3 is 2.73 bits per heavy atom. The highest BCUT2D eigenvalue weighted by Gasteiger charge is 2.52. The third-order valence-electron chi connectivity index (χ3n) is 2.84. The number of carbonyl (C=O) groups is 1. The summed E-state index contributed by atoms with van der Waals surface area (Å²) in [5.74, 6) is 0.663. The molecule has 2 aliphatic rings. The maximum Gasteiger partial charge on any atom is 0.137 e. The van der Waals surface area contributed by atoms with Gasteiger partial charge in [0, 0.05) is 17.2 Å². The molecule has 2 rings (SSSR count). The van der Waals surface area contributed by atoms with Crippen LogP contribution in [0.3, 0.4) is 0 Å². The van der Waals surface area contributed by atoms with Crippen molar-refractivity contribution in [2.45, 2.75) is 17.7 Å². The van der Waals surface area contributed by atoms with Gasteiger partial charge in [-0.3, -0.25) is 4.79 Å². The van der Waals surface area contributed by atoms with Crippen molar-refractivity contribution in [2.24, 2.45) is 17.8 Å². The molecule has 2 saturated carbocycles. The Morgan fingerprint density at radius 2 is 2.36 bits per heavy atom. The molecule has 58 valence electrons. The van der Waals surface area contributed by atoms with Gasteiger partial charge in [0.1, 0.15) is 5.78 Å². The highest BCUT2D eigenvalue weighted by molar-refractivity contribution is 9.09. The molecule has 11 heavy (non-hydrogen) atoms. The number of fused-ring (bicyclic) bond motifs is 2. The summed E-state index contributed by atoms with van der Waals surface area (Å²) in [4.78, 5) is 11.6. The molecule has 2 aliphatic carbocycles. The predicted molar refractivity (Wildman–Crippen MR) is 43.0 cm³/mol. The van der Waals surface area contributed by atoms with E-state index >= 15 is 0 Å². The summed E-state index contributed by atoms with van der Waals surface area (Å²) in [5, 5.41) is 8.76. The van der Waals surface area contributed by atoms with E-state index in [1.165, 1.54) is 0 Å². The molecule has 0 amide bonds. The average Bonchev–Trinajstić information content (AvgIpc) is 2.42. The van der Waals surface area contributed by atoms with Crippen LogP contribution in [0.15, 0.2) is 0 Å². The van der Waals surface area contributed by atoms with Crippen LogP contribution in [0.5, 0.6) is 0 Å². The van der Waals surface area contributed by atoms with Crippen LogP contribution in [0.25, 0.3) is 0 Å². The van der Waals surface area contributed by atoms with Gasteiger partial charge in [-0.1, -0.05) is 15.9 Å². The number of nitrogens with zero attached hydrogens (tertiary/aromatic N) is 1. The topological polar surface area (TPSA) is 40.9 Å². The minimum Gasteiger partial charge on any atom is -0.299 e. The van der Waals surface area contributed by atoms with Crippen LogP contribution in [0.2, 0.25) is 0 Å². The lowest BCUT2D eigenvalue weighted by molar-refractivity contribution is -0.121. The molecule has 0 spiro atoms. The summed E-state index contributed by atoms with van der Waals surface area (Å²) in [5.41, 5.74) is 0. The van der Waals surface area contributed by atoms with Crippen LogP contribution < -0.4 is 0 Å². The van der Waals surface area contributed by atoms with Crippen molar-refractivity contribution in [1.82, 2.24) is 0 Å². The van der Waals surface area contributed by atoms with Gasteiger partial charge in [-0.25, -0.2) is 0 Å². The SMILES string of the molecule is N#CC1[C@@H]2C[C@@H](Br)[C@H]1CC2=O. The fourth-order valence-electron chi connectivity index (χ4n) is 2.24. The molecule has 0 aromatic rings. The highest BCUT2D eigenvalue weighted by atomic mass is 79.9. The molecule has 3 heteroatoms. The molecule has 0 aromatic heterocycles. The Hall–Kier alpha value is -0.360. The van der Waals surface area contributed by atoms with Crippen LogP contribution in [-0.2, 0) is 4.79 Å². The molecule has 0 N–H and O–H groups in total. The van der Waals surface area contributed by atoms with Crippen molar-refractivity contribution in [1.29, 1.82) is 5.26 Å². The number of nitriles is 1. The normalized spacial score (nSPS) is 47.8. The number of ketones is 1. The predicted octanol–water partition coefficient (Wildman–Crippen LogP) is 1.50. The molecule has 2 bridgehead atoms. The molecular formula is C8H8BrNO. The summed E-state index contributed by atoms with van der Waals surface area (Å²) < 4.78 is 0. The number of halogens is 1. The van der Waals surface area contributed by atoms with E-state index in [0.717, 1.165) is 6.42 Å². The second kappa shape index (κ2) is 2.31. The van der Waals surface area contributed by atoms with Crippen molar-refractivity contribution in [2.75, 3.05) is 0 Å². The zero-order chi connectivity index (χ0) is 8.01. The van der Waals surface area contributed by atoms with Gasteiger partial charge in [-0.15, -0.1) is 0 Å². The van der Waals surface area contributed by atoms with Crippen LogP contribution in [-0.4, -0.2) is 10.6 Å². The summed E-state index contributed by atoms with van der Waals surface area (Å²) in [7, 11) is 0. The fraction of sp³-hybridized carbons (Fsp3) is 0.750. The molecule has 2 fully saturated rings. The number of rotatable bonds is 0. The smallest absolute Gasteiger partial charge is 0.137 e. The van der Waals surface area contributed by atoms with Crippen molar-refractivity contribution >= 4 is 21.7 Å². The maximum absolute atomic E-state index is 11.2. The molecule has 4 atom stereocenters. The van der Waals surface area contributed by atoms with Crippen LogP contribution in [0.1, 0.15) is 12.8 Å². The lowest BCUT2D eigenvalue weighted by atomic mass is 9.99. The largest absolute Gasteiger partial charge is 0.299 e. The monoisotopic (exact) mass is 213 g/mol. The summed E-state index contributed by atoms with van der Waals surface area (Å²) >= 11 is 3.50. The van der Waals surface area contributed by atoms with E-state index in [2.05, 4.69) is 22.0 Å². The molecule has 0 saturated heterocycles. The average molecular weight is 214 g/mol. The first kappa shape index (κ1) is 7.30. The number of Topliss-reactive ketones (excluding diaryl/α,β-unsaturated/α-hetero) is 1. The van der Waals surface area contributed by atoms with Crippen molar-refractivity contribution in [3.63, 3.8) is 0 Å². The van der Waals surface area contributed by atoms with Crippen molar-refractivity contribution in [3.8, 4) is 6.07 Å². The van der Waals surface area contributed by atoms with E-state index in [0.29, 0.717) is 22.9 Å². The zero-order valence-electron chi connectivity index (χ0n) is 5.96. The lowest BCUT2D eigenvalue weighted by Crippen LogP contribution is -2.16. The highest BCUT2D eigenvalue weighted by Crippen LogP contribution is 2.49. The Bertz CT molecular complexity index is 245. The minimum absolute atomic E-state index is 0.00637. The van der Waals surface area contributed by atoms with Crippen LogP contribution in [0.4, 0.5) is 0 Å². The first-order valence-electron chi connectivity index (χ1n) is 3.80. The van der Waals surface area contributed by atoms with Gasteiger partial charge in [0.2, 0.25) is 0 Å². The third-order valence-corrected chi connectivity index (χ3v) is 3.89. The van der Waals surface area contributed by atoms with E-state index in [1.807, 2.05) is 0 Å². The van der Waals surface area contributed by atoms with Gasteiger partial charge < -0.3 is 0 Å². The zero-order valence-corrected chi connectivity index (χ0v) is 7.54. The van der Waals surface area contributed by atoms with Gasteiger partial charge in [-0.2, -0.15) is 5.26 Å². The Kier molecular flexibility index (Phi) is 1.53. The molecular weight excluding hydrogens is 206 g/mol. The molecule has 1 unspecified atom stereocenters. The number of hydrogen-bond acceptors (Lipinski definition) is 2. The standard InChI is InChI=1S/C8H8BrNO/c9-7-1-5-6(3-10)4(7)2-8(5)11/h4-7H,1-2H2/t4-,5-,6?,7+/m0/s1. The molecule has 0 radical (unpaired) electrons. The van der Waals surface area contributed by atoms with Gasteiger partial charge in [0.25, 0.3) is 0 Å². The summed E-state index contributed by atoms with van der Waals surface area (Å²) in [6.07, 6.45) is 1.50. The molecule has 0 aliphatic heterocycles. The molecule has 0 heterocycles. The van der Waals surface area contributed by atoms with E-state index in [1.54, 1.807) is 0 Å². The van der Waals surface area contributed by atoms with E-state index in [-0.39, 0.29) is 11.8 Å². The number of alkyl halides is 1. The molecule has 2 nitrogen and oxygen atoms in total. The first-order chi connectivity index (χ1) is 5.24. The number of carbonyl (C=O) groups excluding carboxylic acids is 1. The van der Waals surface area contributed by atoms with Gasteiger partial charge in [0.15, 0.2) is 0 Å². The van der Waals surface area contributed by atoms with Crippen molar-refractivity contribution in [3.05, 3.63) is 0 Å². The van der Waals surface area contributed by atoms with Crippen LogP contribution >= 0.6 is 15.9 Å². The van der Waals surface area contributed by atoms with Crippen molar-refractivity contribution < 1.29 is 4.79 Å². The first-order valence-corrected chi connectivity index (χ1v) is 4.72. The second-order valence-electron chi connectivity index (χ2n) is 3.35. The minimum atomic E-state index is 0.00637. The van der Waals surface area contributed by atoms with Crippen LogP contribution in [0, 0.1) is 29.1 Å². The number of hydrogen-bond donors (Lipinski definition) is 0. The van der Waals surface area contributed by atoms with E-state index in [4.69, 9.17) is 5.26 Å². The fourth-order valence-corrected chi connectivity index (χ4v) is 3.16. The molecule has 0 aromatic carbocycles. The van der Waals surface area contributed by atoms with Gasteiger partial charge in [-0.05, 0) is 12.3 Å². The quantitative estimate of drug-likeness (QED) is 0.573. The van der Waals surface area contributed by atoms with Gasteiger partial charge in [0.05, 0.1) is 12.0 Å².